The van der Waals surface area contributed by atoms with E-state index in [9.17, 15) is 13.2 Å². The van der Waals surface area contributed by atoms with E-state index in [0.717, 1.165) is 10.5 Å². The second kappa shape index (κ2) is 9.82. The molecule has 3 rings (SSSR count). The molecule has 0 unspecified atom stereocenters. The highest BCUT2D eigenvalue weighted by atomic mass is 32.2. The van der Waals surface area contributed by atoms with E-state index in [2.05, 4.69) is 5.32 Å². The highest BCUT2D eigenvalue weighted by Crippen LogP contribution is 2.25. The first-order chi connectivity index (χ1) is 14.4. The zero-order valence-corrected chi connectivity index (χ0v) is 18.5. The second-order valence-electron chi connectivity index (χ2n) is 6.77. The van der Waals surface area contributed by atoms with Gasteiger partial charge in [-0.25, -0.2) is 8.42 Å². The van der Waals surface area contributed by atoms with Crippen molar-refractivity contribution in [3.63, 3.8) is 0 Å². The van der Waals surface area contributed by atoms with Crippen molar-refractivity contribution < 1.29 is 13.2 Å². The molecular weight excluding hydrogens is 416 g/mol. The normalized spacial score (nSPS) is 12.2. The summed E-state index contributed by atoms with van der Waals surface area (Å²) in [6, 6.07) is 25.2. The number of hydrogen-bond acceptors (Lipinski definition) is 4. The molecule has 0 aliphatic rings. The number of benzene rings is 3. The molecule has 0 spiro atoms. The van der Waals surface area contributed by atoms with Gasteiger partial charge in [-0.3, -0.25) is 9.10 Å². The minimum Gasteiger partial charge on any atom is -0.349 e. The van der Waals surface area contributed by atoms with Crippen molar-refractivity contribution in [3.8, 4) is 0 Å². The summed E-state index contributed by atoms with van der Waals surface area (Å²) in [6.45, 7) is 1.95. The number of para-hydroxylation sites is 1. The second-order valence-corrected chi connectivity index (χ2v) is 9.79. The highest BCUT2D eigenvalue weighted by molar-refractivity contribution is 8.00. The number of hydrogen-bond donors (Lipinski definition) is 1. The Morgan fingerprint density at radius 2 is 1.50 bits per heavy atom. The number of rotatable bonds is 8. The molecule has 0 aromatic heterocycles. The first kappa shape index (κ1) is 21.9. The number of nitrogens with one attached hydrogen (secondary N) is 1. The average molecular weight is 441 g/mol. The smallest absolute Gasteiger partial charge is 0.264 e. The third-order valence-electron chi connectivity index (χ3n) is 4.65. The van der Waals surface area contributed by atoms with Gasteiger partial charge < -0.3 is 5.32 Å². The molecule has 0 heterocycles. The standard InChI is InChI=1S/C23H24N2O3S2/c1-18(19-9-5-3-6-10-19)24-23(26)17-29-21-13-15-22(16-14-21)30(27,28)25(2)20-11-7-4-8-12-20/h3-16,18H,17H2,1-2H3,(H,24,26)/t18-/m1/s1. The van der Waals surface area contributed by atoms with Gasteiger partial charge in [0.2, 0.25) is 5.91 Å². The molecule has 7 heteroatoms. The molecular formula is C23H24N2O3S2. The van der Waals surface area contributed by atoms with Crippen molar-refractivity contribution in [2.24, 2.45) is 0 Å². The molecule has 1 N–H and O–H groups in total. The third-order valence-corrected chi connectivity index (χ3v) is 7.46. The minimum atomic E-state index is -3.64. The van der Waals surface area contributed by atoms with Crippen LogP contribution in [0.15, 0.2) is 94.7 Å². The van der Waals surface area contributed by atoms with E-state index in [4.69, 9.17) is 0 Å². The Labute approximate surface area is 182 Å². The molecule has 0 saturated carbocycles. The molecule has 156 valence electrons. The number of carbonyl (C=O) groups is 1. The summed E-state index contributed by atoms with van der Waals surface area (Å²) in [5.74, 6) is 0.185. The highest BCUT2D eigenvalue weighted by Gasteiger charge is 2.21. The molecule has 5 nitrogen and oxygen atoms in total. The van der Waals surface area contributed by atoms with Crippen LogP contribution in [-0.4, -0.2) is 27.1 Å². The Morgan fingerprint density at radius 3 is 2.10 bits per heavy atom. The summed E-state index contributed by atoms with van der Waals surface area (Å²) < 4.78 is 26.9. The zero-order chi connectivity index (χ0) is 21.6. The van der Waals surface area contributed by atoms with E-state index in [1.165, 1.54) is 23.1 Å². The quantitative estimate of drug-likeness (QED) is 0.525. The van der Waals surface area contributed by atoms with Gasteiger partial charge in [-0.15, -0.1) is 11.8 Å². The molecule has 0 saturated heterocycles. The van der Waals surface area contributed by atoms with E-state index < -0.39 is 10.0 Å². The molecule has 0 aliphatic carbocycles. The maximum absolute atomic E-state index is 12.8. The number of amides is 1. The summed E-state index contributed by atoms with van der Waals surface area (Å²) in [7, 11) is -2.11. The van der Waals surface area contributed by atoms with Crippen LogP contribution in [0.4, 0.5) is 5.69 Å². The van der Waals surface area contributed by atoms with Crippen LogP contribution in [0, 0.1) is 0 Å². The largest absolute Gasteiger partial charge is 0.349 e. The lowest BCUT2D eigenvalue weighted by atomic mass is 10.1. The molecule has 3 aromatic rings. The molecule has 0 radical (unpaired) electrons. The van der Waals surface area contributed by atoms with Crippen LogP contribution in [0.5, 0.6) is 0 Å². The van der Waals surface area contributed by atoms with Crippen LogP contribution >= 0.6 is 11.8 Å². The number of carbonyl (C=O) groups excluding carboxylic acids is 1. The van der Waals surface area contributed by atoms with Crippen LogP contribution in [0.3, 0.4) is 0 Å². The summed E-state index contributed by atoms with van der Waals surface area (Å²) in [6.07, 6.45) is 0. The van der Waals surface area contributed by atoms with Gasteiger partial charge in [-0.05, 0) is 48.9 Å². The fourth-order valence-electron chi connectivity index (χ4n) is 2.90. The Morgan fingerprint density at radius 1 is 0.933 bits per heavy atom. The van der Waals surface area contributed by atoms with Crippen molar-refractivity contribution in [2.45, 2.75) is 22.8 Å². The Kier molecular flexibility index (Phi) is 7.18. The summed E-state index contributed by atoms with van der Waals surface area (Å²) in [4.78, 5) is 13.3. The van der Waals surface area contributed by atoms with Crippen molar-refractivity contribution in [1.82, 2.24) is 5.32 Å². The van der Waals surface area contributed by atoms with Crippen LogP contribution in [-0.2, 0) is 14.8 Å². The van der Waals surface area contributed by atoms with Gasteiger partial charge in [-0.2, -0.15) is 0 Å². The number of nitrogens with zero attached hydrogens (tertiary/aromatic N) is 1. The van der Waals surface area contributed by atoms with Gasteiger partial charge >= 0.3 is 0 Å². The minimum absolute atomic E-state index is 0.0691. The van der Waals surface area contributed by atoms with E-state index in [1.54, 1.807) is 48.5 Å². The van der Waals surface area contributed by atoms with Gasteiger partial charge in [-0.1, -0.05) is 48.5 Å². The van der Waals surface area contributed by atoms with Gasteiger partial charge in [0, 0.05) is 11.9 Å². The Balaban J connectivity index is 1.58. The van der Waals surface area contributed by atoms with Gasteiger partial charge in [0.25, 0.3) is 10.0 Å². The number of thioether (sulfide) groups is 1. The monoisotopic (exact) mass is 440 g/mol. The molecule has 0 aliphatic heterocycles. The Hall–Kier alpha value is -2.77. The van der Waals surface area contributed by atoms with E-state index >= 15 is 0 Å². The Bertz CT molecular complexity index is 1070. The lowest BCUT2D eigenvalue weighted by Crippen LogP contribution is -2.28. The number of sulfonamides is 1. The van der Waals surface area contributed by atoms with Crippen molar-refractivity contribution in [2.75, 3.05) is 17.1 Å². The SMILES string of the molecule is C[C@@H](NC(=O)CSc1ccc(S(=O)(=O)N(C)c2ccccc2)cc1)c1ccccc1. The van der Waals surface area contributed by atoms with E-state index in [-0.39, 0.29) is 22.6 Å². The third kappa shape index (κ3) is 5.43. The van der Waals surface area contributed by atoms with Crippen LogP contribution in [0.2, 0.25) is 0 Å². The lowest BCUT2D eigenvalue weighted by molar-refractivity contribution is -0.119. The summed E-state index contributed by atoms with van der Waals surface area (Å²) in [5.41, 5.74) is 1.65. The van der Waals surface area contributed by atoms with Gasteiger partial charge in [0.15, 0.2) is 0 Å². The van der Waals surface area contributed by atoms with Crippen LogP contribution in [0.1, 0.15) is 18.5 Å². The fraction of sp³-hybridized carbons (Fsp3) is 0.174. The topological polar surface area (TPSA) is 66.5 Å². The predicted molar refractivity (Wildman–Crippen MR) is 122 cm³/mol. The first-order valence-corrected chi connectivity index (χ1v) is 11.9. The van der Waals surface area contributed by atoms with Crippen LogP contribution in [0.25, 0.3) is 0 Å². The molecule has 0 fully saturated rings. The van der Waals surface area contributed by atoms with Gasteiger partial charge in [0.1, 0.15) is 0 Å². The molecule has 1 amide bonds. The van der Waals surface area contributed by atoms with Crippen molar-refractivity contribution in [1.29, 1.82) is 0 Å². The predicted octanol–water partition coefficient (Wildman–Crippen LogP) is 4.48. The van der Waals surface area contributed by atoms with Gasteiger partial charge in [0.05, 0.1) is 22.4 Å². The lowest BCUT2D eigenvalue weighted by Gasteiger charge is -2.19. The maximum Gasteiger partial charge on any atom is 0.264 e. The molecule has 30 heavy (non-hydrogen) atoms. The summed E-state index contributed by atoms with van der Waals surface area (Å²) >= 11 is 1.37. The zero-order valence-electron chi connectivity index (χ0n) is 16.9. The first-order valence-electron chi connectivity index (χ1n) is 9.49. The molecule has 0 bridgehead atoms. The average Bonchev–Trinajstić information content (AvgIpc) is 2.78. The molecule has 3 aromatic carbocycles. The van der Waals surface area contributed by atoms with E-state index in [0.29, 0.717) is 5.69 Å². The maximum atomic E-state index is 12.8. The van der Waals surface area contributed by atoms with Crippen molar-refractivity contribution >= 4 is 33.4 Å². The van der Waals surface area contributed by atoms with Crippen LogP contribution < -0.4 is 9.62 Å². The fourth-order valence-corrected chi connectivity index (χ4v) is 4.80. The summed E-state index contributed by atoms with van der Waals surface area (Å²) in [5, 5.41) is 2.97. The molecule has 1 atom stereocenters. The van der Waals surface area contributed by atoms with Crippen molar-refractivity contribution in [3.05, 3.63) is 90.5 Å². The number of anilines is 1. The van der Waals surface area contributed by atoms with E-state index in [1.807, 2.05) is 43.3 Å².